The predicted molar refractivity (Wildman–Crippen MR) is 52.3 cm³/mol. The van der Waals surface area contributed by atoms with Gasteiger partial charge in [0.2, 0.25) is 5.82 Å². The van der Waals surface area contributed by atoms with Crippen LogP contribution in [0.4, 0.5) is 0 Å². The molecule has 74 valence electrons. The van der Waals surface area contributed by atoms with Crippen molar-refractivity contribution in [2.45, 2.75) is 0 Å². The molecule has 5 heteroatoms. The number of hydrogen-bond acceptors (Lipinski definition) is 5. The van der Waals surface area contributed by atoms with Crippen LogP contribution in [0, 0.1) is 0 Å². The molecular weight excluding hydrogens is 194 g/mol. The molecule has 1 aromatic carbocycles. The molecule has 0 saturated heterocycles. The fourth-order valence-electron chi connectivity index (χ4n) is 1.14. The van der Waals surface area contributed by atoms with E-state index in [1.165, 1.54) is 18.3 Å². The third-order valence-electron chi connectivity index (χ3n) is 1.84. The zero-order valence-electron chi connectivity index (χ0n) is 7.66. The lowest BCUT2D eigenvalue weighted by molar-refractivity contribution is 0.111. The van der Waals surface area contributed by atoms with Gasteiger partial charge in [-0.3, -0.25) is 4.79 Å². The molecule has 1 aromatic heterocycles. The SMILES string of the molecule is O=Cc1nncc(-c2ccc(O)cc2)n1. The minimum absolute atomic E-state index is 0.0422. The number of benzene rings is 1. The molecule has 2 aromatic rings. The van der Waals surface area contributed by atoms with Crippen molar-refractivity contribution < 1.29 is 9.90 Å². The van der Waals surface area contributed by atoms with Gasteiger partial charge in [-0.1, -0.05) is 0 Å². The molecule has 2 rings (SSSR count). The molecule has 0 amide bonds. The van der Waals surface area contributed by atoms with E-state index in [-0.39, 0.29) is 11.6 Å². The first kappa shape index (κ1) is 9.26. The predicted octanol–water partition coefficient (Wildman–Crippen LogP) is 1.06. The molecule has 0 fully saturated rings. The van der Waals surface area contributed by atoms with Crippen molar-refractivity contribution in [2.75, 3.05) is 0 Å². The average Bonchev–Trinajstić information content (AvgIpc) is 2.30. The van der Waals surface area contributed by atoms with E-state index in [2.05, 4.69) is 15.2 Å². The molecule has 0 saturated carbocycles. The van der Waals surface area contributed by atoms with Crippen LogP contribution >= 0.6 is 0 Å². The summed E-state index contributed by atoms with van der Waals surface area (Å²) in [5, 5.41) is 16.3. The van der Waals surface area contributed by atoms with Gasteiger partial charge in [0.15, 0.2) is 6.29 Å². The Morgan fingerprint density at radius 1 is 1.20 bits per heavy atom. The van der Waals surface area contributed by atoms with Gasteiger partial charge in [-0.25, -0.2) is 4.98 Å². The maximum absolute atomic E-state index is 10.4. The van der Waals surface area contributed by atoms with Gasteiger partial charge in [0, 0.05) is 5.56 Å². The molecule has 0 aliphatic rings. The number of rotatable bonds is 2. The summed E-state index contributed by atoms with van der Waals surface area (Å²) in [5.74, 6) is 0.219. The van der Waals surface area contributed by atoms with Crippen LogP contribution in [-0.4, -0.2) is 26.6 Å². The summed E-state index contributed by atoms with van der Waals surface area (Å²) in [7, 11) is 0. The third kappa shape index (κ3) is 1.96. The number of hydrogen-bond donors (Lipinski definition) is 1. The van der Waals surface area contributed by atoms with Crippen molar-refractivity contribution in [3.63, 3.8) is 0 Å². The minimum Gasteiger partial charge on any atom is -0.508 e. The van der Waals surface area contributed by atoms with Gasteiger partial charge in [-0.15, -0.1) is 5.10 Å². The van der Waals surface area contributed by atoms with Gasteiger partial charge in [0.1, 0.15) is 5.75 Å². The van der Waals surface area contributed by atoms with E-state index in [0.717, 1.165) is 5.56 Å². The van der Waals surface area contributed by atoms with Crippen molar-refractivity contribution in [1.29, 1.82) is 0 Å². The molecule has 5 nitrogen and oxygen atoms in total. The van der Waals surface area contributed by atoms with Crippen molar-refractivity contribution >= 4 is 6.29 Å². The molecule has 1 heterocycles. The van der Waals surface area contributed by atoms with Gasteiger partial charge in [-0.05, 0) is 24.3 Å². The lowest BCUT2D eigenvalue weighted by atomic mass is 10.1. The highest BCUT2D eigenvalue weighted by atomic mass is 16.3. The Morgan fingerprint density at radius 2 is 1.93 bits per heavy atom. The quantitative estimate of drug-likeness (QED) is 0.735. The van der Waals surface area contributed by atoms with Crippen LogP contribution in [0.15, 0.2) is 30.5 Å². The number of phenols is 1. The topological polar surface area (TPSA) is 76.0 Å². The second-order valence-corrected chi connectivity index (χ2v) is 2.86. The first-order valence-electron chi connectivity index (χ1n) is 4.24. The van der Waals surface area contributed by atoms with Gasteiger partial charge in [0.25, 0.3) is 0 Å². The zero-order valence-corrected chi connectivity index (χ0v) is 7.66. The number of carbonyl (C=O) groups excluding carboxylic acids is 1. The van der Waals surface area contributed by atoms with E-state index in [1.54, 1.807) is 12.1 Å². The Balaban J connectivity index is 2.44. The van der Waals surface area contributed by atoms with Crippen LogP contribution in [0.3, 0.4) is 0 Å². The van der Waals surface area contributed by atoms with E-state index < -0.39 is 0 Å². The van der Waals surface area contributed by atoms with Crippen LogP contribution in [0.25, 0.3) is 11.3 Å². The van der Waals surface area contributed by atoms with Crippen LogP contribution in [0.1, 0.15) is 10.6 Å². The Kier molecular flexibility index (Phi) is 2.37. The summed E-state index contributed by atoms with van der Waals surface area (Å²) >= 11 is 0. The number of nitrogens with zero attached hydrogens (tertiary/aromatic N) is 3. The lowest BCUT2D eigenvalue weighted by Gasteiger charge is -1.99. The molecule has 0 radical (unpaired) electrons. The second-order valence-electron chi connectivity index (χ2n) is 2.86. The highest BCUT2D eigenvalue weighted by molar-refractivity contribution is 5.70. The maximum atomic E-state index is 10.4. The number of carbonyl (C=O) groups is 1. The van der Waals surface area contributed by atoms with Gasteiger partial charge in [0.05, 0.1) is 11.9 Å². The zero-order chi connectivity index (χ0) is 10.7. The van der Waals surface area contributed by atoms with E-state index in [4.69, 9.17) is 5.11 Å². The molecule has 15 heavy (non-hydrogen) atoms. The normalized spacial score (nSPS) is 9.87. The second kappa shape index (κ2) is 3.83. The van der Waals surface area contributed by atoms with Gasteiger partial charge >= 0.3 is 0 Å². The molecule has 0 aliphatic heterocycles. The maximum Gasteiger partial charge on any atom is 0.215 e. The van der Waals surface area contributed by atoms with Gasteiger partial charge in [-0.2, -0.15) is 5.10 Å². The summed E-state index contributed by atoms with van der Waals surface area (Å²) in [6.45, 7) is 0. The van der Waals surface area contributed by atoms with Crippen LogP contribution in [-0.2, 0) is 0 Å². The smallest absolute Gasteiger partial charge is 0.215 e. The highest BCUT2D eigenvalue weighted by Gasteiger charge is 2.02. The molecular formula is C10H7N3O2. The Bertz CT molecular complexity index is 482. The summed E-state index contributed by atoms with van der Waals surface area (Å²) in [4.78, 5) is 14.4. The van der Waals surface area contributed by atoms with Crippen LogP contribution in [0.5, 0.6) is 5.75 Å². The van der Waals surface area contributed by atoms with Crippen molar-refractivity contribution in [2.24, 2.45) is 0 Å². The number of aromatic hydroxyl groups is 1. The van der Waals surface area contributed by atoms with E-state index in [0.29, 0.717) is 12.0 Å². The van der Waals surface area contributed by atoms with Crippen molar-refractivity contribution in [3.8, 4) is 17.0 Å². The Labute approximate surface area is 85.4 Å². The minimum atomic E-state index is 0.0422. The number of aromatic nitrogens is 3. The first-order valence-corrected chi connectivity index (χ1v) is 4.24. The molecule has 1 N–H and O–H groups in total. The molecule has 0 bridgehead atoms. The van der Waals surface area contributed by atoms with Crippen molar-refractivity contribution in [3.05, 3.63) is 36.3 Å². The molecule has 0 aliphatic carbocycles. The number of aldehydes is 1. The van der Waals surface area contributed by atoms with E-state index in [9.17, 15) is 4.79 Å². The largest absolute Gasteiger partial charge is 0.508 e. The lowest BCUT2D eigenvalue weighted by Crippen LogP contribution is -1.96. The Hall–Kier alpha value is -2.30. The fourth-order valence-corrected chi connectivity index (χ4v) is 1.14. The highest BCUT2D eigenvalue weighted by Crippen LogP contribution is 2.18. The molecule has 0 unspecified atom stereocenters. The van der Waals surface area contributed by atoms with Crippen LogP contribution < -0.4 is 0 Å². The standard InChI is InChI=1S/C10H7N3O2/c14-6-10-12-9(5-11-13-10)7-1-3-8(15)4-2-7/h1-6,15H. The summed E-state index contributed by atoms with van der Waals surface area (Å²) in [5.41, 5.74) is 1.32. The summed E-state index contributed by atoms with van der Waals surface area (Å²) in [6, 6.07) is 6.46. The van der Waals surface area contributed by atoms with E-state index in [1.807, 2.05) is 0 Å². The summed E-state index contributed by atoms with van der Waals surface area (Å²) in [6.07, 6.45) is 2.00. The average molecular weight is 201 g/mol. The monoisotopic (exact) mass is 201 g/mol. The Morgan fingerprint density at radius 3 is 2.60 bits per heavy atom. The fraction of sp³-hybridized carbons (Fsp3) is 0. The van der Waals surface area contributed by atoms with Crippen molar-refractivity contribution in [1.82, 2.24) is 15.2 Å². The first-order chi connectivity index (χ1) is 7.29. The molecule has 0 spiro atoms. The van der Waals surface area contributed by atoms with Crippen LogP contribution in [0.2, 0.25) is 0 Å². The van der Waals surface area contributed by atoms with E-state index >= 15 is 0 Å². The summed E-state index contributed by atoms with van der Waals surface area (Å²) < 4.78 is 0. The van der Waals surface area contributed by atoms with Gasteiger partial charge < -0.3 is 5.11 Å². The number of phenolic OH excluding ortho intramolecular Hbond substituents is 1. The molecule has 0 atom stereocenters. The third-order valence-corrected chi connectivity index (χ3v) is 1.84.